The molecule has 1 saturated heterocycles. The minimum absolute atomic E-state index is 0.271. The van der Waals surface area contributed by atoms with Gasteiger partial charge in [-0.15, -0.1) is 0 Å². The molecule has 3 heterocycles. The van der Waals surface area contributed by atoms with Crippen LogP contribution >= 0.6 is 0 Å². The number of hydrogen-bond donors (Lipinski definition) is 0. The van der Waals surface area contributed by atoms with E-state index in [1.807, 2.05) is 18.2 Å². The fraction of sp³-hybridized carbons (Fsp3) is 0.368. The average Bonchev–Trinajstić information content (AvgIpc) is 3.04. The molecule has 0 aliphatic carbocycles. The van der Waals surface area contributed by atoms with E-state index in [9.17, 15) is 0 Å². The number of nitrogens with zero attached hydrogens (tertiary/aromatic N) is 3. The fourth-order valence-corrected chi connectivity index (χ4v) is 3.20. The molecule has 5 nitrogen and oxygen atoms in total. The molecule has 124 valence electrons. The van der Waals surface area contributed by atoms with Crippen LogP contribution in [-0.4, -0.2) is 29.2 Å². The summed E-state index contributed by atoms with van der Waals surface area (Å²) < 4.78 is 11.9. The molecule has 1 aliphatic heterocycles. The summed E-state index contributed by atoms with van der Waals surface area (Å²) in [5, 5.41) is 0. The summed E-state index contributed by atoms with van der Waals surface area (Å²) in [6.07, 6.45) is 6.94. The van der Waals surface area contributed by atoms with E-state index in [0.717, 1.165) is 36.2 Å². The van der Waals surface area contributed by atoms with E-state index >= 15 is 0 Å². The first-order valence-corrected chi connectivity index (χ1v) is 8.46. The lowest BCUT2D eigenvalue weighted by molar-refractivity contribution is 0.254. The molecular formula is C19H21N3O2. The van der Waals surface area contributed by atoms with Gasteiger partial charge >= 0.3 is 0 Å². The predicted octanol–water partition coefficient (Wildman–Crippen LogP) is 3.97. The van der Waals surface area contributed by atoms with Crippen LogP contribution in [0.4, 0.5) is 6.01 Å². The Morgan fingerprint density at radius 1 is 1.29 bits per heavy atom. The lowest BCUT2D eigenvalue weighted by atomic mass is 10.0. The van der Waals surface area contributed by atoms with Crippen molar-refractivity contribution in [2.24, 2.45) is 0 Å². The second kappa shape index (κ2) is 6.51. The van der Waals surface area contributed by atoms with Crippen LogP contribution in [-0.2, 0) is 0 Å². The number of hydrogen-bond acceptors (Lipinski definition) is 5. The smallest absolute Gasteiger partial charge is 0.298 e. The van der Waals surface area contributed by atoms with Crippen molar-refractivity contribution in [1.29, 1.82) is 0 Å². The highest BCUT2D eigenvalue weighted by molar-refractivity contribution is 5.75. The van der Waals surface area contributed by atoms with Crippen molar-refractivity contribution in [3.8, 4) is 5.75 Å². The Morgan fingerprint density at radius 2 is 2.25 bits per heavy atom. The first-order valence-electron chi connectivity index (χ1n) is 8.46. The van der Waals surface area contributed by atoms with E-state index in [2.05, 4.69) is 28.9 Å². The fourth-order valence-electron chi connectivity index (χ4n) is 3.20. The highest BCUT2D eigenvalue weighted by atomic mass is 16.5. The third kappa shape index (κ3) is 3.07. The van der Waals surface area contributed by atoms with Gasteiger partial charge in [0.25, 0.3) is 6.01 Å². The molecule has 0 N–H and O–H groups in total. The van der Waals surface area contributed by atoms with Gasteiger partial charge in [-0.25, -0.2) is 0 Å². The number of benzene rings is 1. The summed E-state index contributed by atoms with van der Waals surface area (Å²) in [7, 11) is 0. The van der Waals surface area contributed by atoms with Gasteiger partial charge in [-0.05, 0) is 56.0 Å². The Labute approximate surface area is 141 Å². The zero-order valence-electron chi connectivity index (χ0n) is 13.8. The number of fused-ring (bicyclic) bond motifs is 1. The van der Waals surface area contributed by atoms with Crippen molar-refractivity contribution in [2.45, 2.75) is 32.2 Å². The SMILES string of the molecule is Cc1ccc2oc(N3CCCCC3COc3cccnc3)nc2c1. The molecule has 0 radical (unpaired) electrons. The third-order valence-corrected chi connectivity index (χ3v) is 4.48. The Kier molecular flexibility index (Phi) is 4.07. The first-order chi connectivity index (χ1) is 11.8. The van der Waals surface area contributed by atoms with Gasteiger partial charge in [0.2, 0.25) is 0 Å². The van der Waals surface area contributed by atoms with E-state index in [4.69, 9.17) is 14.1 Å². The number of piperidine rings is 1. The molecule has 1 atom stereocenters. The molecule has 4 rings (SSSR count). The second-order valence-electron chi connectivity index (χ2n) is 6.31. The minimum Gasteiger partial charge on any atom is -0.490 e. The van der Waals surface area contributed by atoms with Crippen LogP contribution in [0.3, 0.4) is 0 Å². The maximum Gasteiger partial charge on any atom is 0.298 e. The quantitative estimate of drug-likeness (QED) is 0.727. The van der Waals surface area contributed by atoms with Gasteiger partial charge in [0.1, 0.15) is 17.9 Å². The highest BCUT2D eigenvalue weighted by Crippen LogP contribution is 2.28. The normalized spacial score (nSPS) is 18.0. The van der Waals surface area contributed by atoms with Crippen LogP contribution in [0.15, 0.2) is 47.1 Å². The average molecular weight is 323 g/mol. The largest absolute Gasteiger partial charge is 0.490 e. The maximum atomic E-state index is 5.99. The zero-order chi connectivity index (χ0) is 16.4. The van der Waals surface area contributed by atoms with E-state index < -0.39 is 0 Å². The predicted molar refractivity (Wildman–Crippen MR) is 93.5 cm³/mol. The van der Waals surface area contributed by atoms with Gasteiger partial charge in [-0.1, -0.05) is 6.07 Å². The molecule has 5 heteroatoms. The summed E-state index contributed by atoms with van der Waals surface area (Å²) in [6.45, 7) is 3.63. The van der Waals surface area contributed by atoms with Crippen LogP contribution in [0.1, 0.15) is 24.8 Å². The van der Waals surface area contributed by atoms with Crippen LogP contribution < -0.4 is 9.64 Å². The molecule has 24 heavy (non-hydrogen) atoms. The molecule has 1 fully saturated rings. The van der Waals surface area contributed by atoms with Crippen molar-refractivity contribution >= 4 is 17.1 Å². The second-order valence-corrected chi connectivity index (χ2v) is 6.31. The molecule has 1 aliphatic rings. The van der Waals surface area contributed by atoms with Gasteiger partial charge in [0, 0.05) is 12.7 Å². The number of anilines is 1. The van der Waals surface area contributed by atoms with Crippen molar-refractivity contribution in [1.82, 2.24) is 9.97 Å². The van der Waals surface area contributed by atoms with Gasteiger partial charge < -0.3 is 14.1 Å². The number of rotatable bonds is 4. The number of aromatic nitrogens is 2. The summed E-state index contributed by atoms with van der Waals surface area (Å²) in [5.74, 6) is 0.802. The molecule has 2 aromatic heterocycles. The van der Waals surface area contributed by atoms with Gasteiger partial charge in [-0.3, -0.25) is 4.98 Å². The van der Waals surface area contributed by atoms with E-state index in [1.54, 1.807) is 12.4 Å². The van der Waals surface area contributed by atoms with Crippen molar-refractivity contribution in [3.05, 3.63) is 48.3 Å². The Bertz CT molecular complexity index is 816. The number of pyridine rings is 1. The number of aryl methyl sites for hydroxylation is 1. The van der Waals surface area contributed by atoms with Crippen LogP contribution in [0.2, 0.25) is 0 Å². The van der Waals surface area contributed by atoms with Crippen molar-refractivity contribution in [2.75, 3.05) is 18.1 Å². The zero-order valence-corrected chi connectivity index (χ0v) is 13.8. The van der Waals surface area contributed by atoms with Crippen LogP contribution in [0.5, 0.6) is 5.75 Å². The summed E-state index contributed by atoms with van der Waals surface area (Å²) in [6, 6.07) is 10.9. The monoisotopic (exact) mass is 323 g/mol. The molecular weight excluding hydrogens is 302 g/mol. The molecule has 1 aromatic carbocycles. The van der Waals surface area contributed by atoms with Crippen molar-refractivity contribution in [3.63, 3.8) is 0 Å². The van der Waals surface area contributed by atoms with Gasteiger partial charge in [0.15, 0.2) is 5.58 Å². The minimum atomic E-state index is 0.271. The standard InChI is InChI=1S/C19H21N3O2/c1-14-7-8-18-17(11-14)21-19(24-18)22-10-3-2-5-15(22)13-23-16-6-4-9-20-12-16/h4,6-9,11-12,15H,2-3,5,10,13H2,1H3. The summed E-state index contributed by atoms with van der Waals surface area (Å²) in [5.41, 5.74) is 2.95. The first kappa shape index (κ1) is 15.0. The molecule has 0 amide bonds. The Morgan fingerprint density at radius 3 is 3.12 bits per heavy atom. The Balaban J connectivity index is 1.54. The summed E-state index contributed by atoms with van der Waals surface area (Å²) >= 11 is 0. The highest BCUT2D eigenvalue weighted by Gasteiger charge is 2.27. The Hall–Kier alpha value is -2.56. The molecule has 1 unspecified atom stereocenters. The molecule has 3 aromatic rings. The summed E-state index contributed by atoms with van der Waals surface area (Å²) in [4.78, 5) is 11.0. The molecule has 0 bridgehead atoms. The van der Waals surface area contributed by atoms with Crippen LogP contribution in [0.25, 0.3) is 11.1 Å². The van der Waals surface area contributed by atoms with E-state index in [1.165, 1.54) is 12.0 Å². The molecule has 0 spiro atoms. The topological polar surface area (TPSA) is 51.4 Å². The number of oxazole rings is 1. The van der Waals surface area contributed by atoms with E-state index in [0.29, 0.717) is 12.6 Å². The van der Waals surface area contributed by atoms with Crippen molar-refractivity contribution < 1.29 is 9.15 Å². The lowest BCUT2D eigenvalue weighted by Gasteiger charge is -2.34. The molecule has 0 saturated carbocycles. The van der Waals surface area contributed by atoms with Gasteiger partial charge in [-0.2, -0.15) is 4.98 Å². The maximum absolute atomic E-state index is 5.99. The van der Waals surface area contributed by atoms with Gasteiger partial charge in [0.05, 0.1) is 12.2 Å². The van der Waals surface area contributed by atoms with Crippen LogP contribution in [0, 0.1) is 6.92 Å². The van der Waals surface area contributed by atoms with E-state index in [-0.39, 0.29) is 6.04 Å². The third-order valence-electron chi connectivity index (χ3n) is 4.48. The number of ether oxygens (including phenoxy) is 1. The lowest BCUT2D eigenvalue weighted by Crippen LogP contribution is -2.43.